The number of hydrogen-bond acceptors (Lipinski definition) is 3. The number of rotatable bonds is 6. The number of methoxy groups -OCH3 is 1. The van der Waals surface area contributed by atoms with E-state index in [-0.39, 0.29) is 11.9 Å². The van der Waals surface area contributed by atoms with Crippen LogP contribution in [0.2, 0.25) is 0 Å². The van der Waals surface area contributed by atoms with Gasteiger partial charge >= 0.3 is 0 Å². The van der Waals surface area contributed by atoms with E-state index in [4.69, 9.17) is 9.47 Å². The van der Waals surface area contributed by atoms with E-state index < -0.39 is 0 Å². The van der Waals surface area contributed by atoms with Crippen LogP contribution < -0.4 is 4.74 Å². The minimum Gasteiger partial charge on any atom is -0.496 e. The van der Waals surface area contributed by atoms with Crippen LogP contribution in [0.25, 0.3) is 0 Å². The molecule has 4 heteroatoms. The number of Topliss-reactive ketones (excluding diaryl/α,β-unsaturated/α-hetero) is 1. The minimum atomic E-state index is 0.243. The van der Waals surface area contributed by atoms with E-state index in [9.17, 15) is 4.79 Å². The topological polar surface area (TPSA) is 35.5 Å². The Labute approximate surface area is 122 Å². The lowest BCUT2D eigenvalue weighted by Gasteiger charge is -2.10. The summed E-state index contributed by atoms with van der Waals surface area (Å²) in [6.45, 7) is 0.846. The predicted molar refractivity (Wildman–Crippen MR) is 77.6 cm³/mol. The third kappa shape index (κ3) is 4.32. The molecule has 1 unspecified atom stereocenters. The van der Waals surface area contributed by atoms with Gasteiger partial charge < -0.3 is 9.47 Å². The third-order valence-electron chi connectivity index (χ3n) is 3.40. The molecular weight excluding hydrogens is 308 g/mol. The first kappa shape index (κ1) is 14.5. The Kier molecular flexibility index (Phi) is 5.40. The largest absolute Gasteiger partial charge is 0.496 e. The van der Waals surface area contributed by atoms with Crippen LogP contribution in [0.3, 0.4) is 0 Å². The zero-order chi connectivity index (χ0) is 13.7. The molecule has 1 atom stereocenters. The van der Waals surface area contributed by atoms with Gasteiger partial charge in [-0.1, -0.05) is 15.9 Å². The number of benzene rings is 1. The molecule has 3 nitrogen and oxygen atoms in total. The van der Waals surface area contributed by atoms with Crippen LogP contribution in [0.1, 0.15) is 31.2 Å². The van der Waals surface area contributed by atoms with Gasteiger partial charge in [0.25, 0.3) is 0 Å². The average molecular weight is 327 g/mol. The van der Waals surface area contributed by atoms with Crippen LogP contribution in [-0.2, 0) is 16.0 Å². The van der Waals surface area contributed by atoms with E-state index in [2.05, 4.69) is 15.9 Å². The fourth-order valence-electron chi connectivity index (χ4n) is 2.38. The molecule has 0 amide bonds. The zero-order valence-electron chi connectivity index (χ0n) is 11.2. The lowest BCUT2D eigenvalue weighted by Crippen LogP contribution is -2.10. The van der Waals surface area contributed by atoms with Crippen molar-refractivity contribution in [2.45, 2.75) is 38.2 Å². The van der Waals surface area contributed by atoms with Crippen LogP contribution >= 0.6 is 15.9 Å². The van der Waals surface area contributed by atoms with Gasteiger partial charge in [0.1, 0.15) is 11.5 Å². The summed E-state index contributed by atoms with van der Waals surface area (Å²) in [6.07, 6.45) is 4.35. The van der Waals surface area contributed by atoms with Crippen molar-refractivity contribution in [3.05, 3.63) is 28.2 Å². The smallest absolute Gasteiger partial charge is 0.137 e. The molecule has 0 saturated carbocycles. The van der Waals surface area contributed by atoms with Gasteiger partial charge in [0.05, 0.1) is 13.2 Å². The Morgan fingerprint density at radius 2 is 2.37 bits per heavy atom. The minimum absolute atomic E-state index is 0.243. The Morgan fingerprint density at radius 1 is 1.53 bits per heavy atom. The van der Waals surface area contributed by atoms with Crippen molar-refractivity contribution >= 4 is 21.7 Å². The van der Waals surface area contributed by atoms with Crippen molar-refractivity contribution in [2.24, 2.45) is 0 Å². The Morgan fingerprint density at radius 3 is 3.05 bits per heavy atom. The maximum atomic E-state index is 12.0. The van der Waals surface area contributed by atoms with E-state index in [1.54, 1.807) is 7.11 Å². The quantitative estimate of drug-likeness (QED) is 0.802. The normalized spacial score (nSPS) is 18.5. The summed E-state index contributed by atoms with van der Waals surface area (Å²) in [5.74, 6) is 1.01. The molecular formula is C15H19BrO3. The Bertz CT molecular complexity index is 439. The fourth-order valence-corrected chi connectivity index (χ4v) is 2.79. The van der Waals surface area contributed by atoms with Crippen LogP contribution in [0.4, 0.5) is 0 Å². The number of carbonyl (C=O) groups is 1. The monoisotopic (exact) mass is 326 g/mol. The highest BCUT2D eigenvalue weighted by Crippen LogP contribution is 2.24. The average Bonchev–Trinajstić information content (AvgIpc) is 2.90. The van der Waals surface area contributed by atoms with Crippen LogP contribution in [-0.4, -0.2) is 25.6 Å². The van der Waals surface area contributed by atoms with Gasteiger partial charge in [-0.15, -0.1) is 0 Å². The highest BCUT2D eigenvalue weighted by molar-refractivity contribution is 9.10. The highest BCUT2D eigenvalue weighted by atomic mass is 79.9. The second-order valence-corrected chi connectivity index (χ2v) is 5.76. The van der Waals surface area contributed by atoms with Gasteiger partial charge in [-0.3, -0.25) is 4.79 Å². The molecule has 1 heterocycles. The van der Waals surface area contributed by atoms with Crippen molar-refractivity contribution < 1.29 is 14.3 Å². The van der Waals surface area contributed by atoms with Crippen LogP contribution in [0.15, 0.2) is 22.7 Å². The standard InChI is InChI=1S/C15H19BrO3/c1-18-15-7-4-12(16)9-11(15)10-13(17)5-6-14-3-2-8-19-14/h4,7,9,14H,2-3,5-6,8,10H2,1H3. The van der Waals surface area contributed by atoms with Gasteiger partial charge in [-0.2, -0.15) is 0 Å². The first-order valence-corrected chi connectivity index (χ1v) is 7.44. The summed E-state index contributed by atoms with van der Waals surface area (Å²) < 4.78 is 11.8. The Balaban J connectivity index is 1.88. The third-order valence-corrected chi connectivity index (χ3v) is 3.89. The van der Waals surface area contributed by atoms with E-state index in [0.717, 1.165) is 41.7 Å². The van der Waals surface area contributed by atoms with Crippen molar-refractivity contribution in [3.8, 4) is 5.75 Å². The summed E-state index contributed by atoms with van der Waals surface area (Å²) in [7, 11) is 1.63. The maximum Gasteiger partial charge on any atom is 0.137 e. The number of halogens is 1. The molecule has 0 radical (unpaired) electrons. The first-order valence-electron chi connectivity index (χ1n) is 6.65. The van der Waals surface area contributed by atoms with Crippen molar-refractivity contribution in [3.63, 3.8) is 0 Å². The molecule has 0 aromatic heterocycles. The molecule has 0 bridgehead atoms. The molecule has 1 aliphatic heterocycles. The van der Waals surface area contributed by atoms with Gasteiger partial charge in [-0.05, 0) is 37.5 Å². The molecule has 1 aliphatic rings. The number of ether oxygens (including phenoxy) is 2. The maximum absolute atomic E-state index is 12.0. The molecule has 104 valence electrons. The molecule has 1 fully saturated rings. The molecule has 1 aromatic carbocycles. The number of ketones is 1. The van der Waals surface area contributed by atoms with Crippen LogP contribution in [0.5, 0.6) is 5.75 Å². The SMILES string of the molecule is COc1ccc(Br)cc1CC(=O)CCC1CCCO1. The number of hydrogen-bond donors (Lipinski definition) is 0. The molecule has 2 rings (SSSR count). The Hall–Kier alpha value is -0.870. The summed E-state index contributed by atoms with van der Waals surface area (Å²) >= 11 is 3.42. The molecule has 0 aliphatic carbocycles. The van der Waals surface area contributed by atoms with E-state index in [1.807, 2.05) is 18.2 Å². The van der Waals surface area contributed by atoms with Crippen molar-refractivity contribution in [2.75, 3.05) is 13.7 Å². The molecule has 19 heavy (non-hydrogen) atoms. The molecule has 0 N–H and O–H groups in total. The van der Waals surface area contributed by atoms with E-state index in [0.29, 0.717) is 12.8 Å². The summed E-state index contributed by atoms with van der Waals surface area (Å²) in [6, 6.07) is 5.74. The van der Waals surface area contributed by atoms with Crippen molar-refractivity contribution in [1.82, 2.24) is 0 Å². The number of carbonyl (C=O) groups excluding carboxylic acids is 1. The second-order valence-electron chi connectivity index (χ2n) is 4.85. The second kappa shape index (κ2) is 7.06. The summed E-state index contributed by atoms with van der Waals surface area (Å²) in [4.78, 5) is 12.0. The lowest BCUT2D eigenvalue weighted by atomic mass is 10.0. The summed E-state index contributed by atoms with van der Waals surface area (Å²) in [5, 5.41) is 0. The lowest BCUT2D eigenvalue weighted by molar-refractivity contribution is -0.119. The van der Waals surface area contributed by atoms with Gasteiger partial charge in [0.2, 0.25) is 0 Å². The van der Waals surface area contributed by atoms with Gasteiger partial charge in [0.15, 0.2) is 0 Å². The van der Waals surface area contributed by atoms with E-state index >= 15 is 0 Å². The van der Waals surface area contributed by atoms with Gasteiger partial charge in [-0.25, -0.2) is 0 Å². The van der Waals surface area contributed by atoms with Gasteiger partial charge in [0, 0.05) is 29.5 Å². The molecule has 0 spiro atoms. The molecule has 1 saturated heterocycles. The van der Waals surface area contributed by atoms with E-state index in [1.165, 1.54) is 0 Å². The molecule has 1 aromatic rings. The van der Waals surface area contributed by atoms with Crippen molar-refractivity contribution in [1.29, 1.82) is 0 Å². The highest BCUT2D eigenvalue weighted by Gasteiger charge is 2.17. The fraction of sp³-hybridized carbons (Fsp3) is 0.533. The van der Waals surface area contributed by atoms with Crippen LogP contribution in [0, 0.1) is 0 Å². The first-order chi connectivity index (χ1) is 9.19. The predicted octanol–water partition coefficient (Wildman–Crippen LogP) is 3.53. The summed E-state index contributed by atoms with van der Waals surface area (Å²) in [5.41, 5.74) is 0.939. The zero-order valence-corrected chi connectivity index (χ0v) is 12.7.